The van der Waals surface area contributed by atoms with Gasteiger partial charge in [-0.25, -0.2) is 27.0 Å². The van der Waals surface area contributed by atoms with Crippen LogP contribution in [-0.2, 0) is 23.2 Å². The minimum atomic E-state index is -4.02. The van der Waals surface area contributed by atoms with Crippen molar-refractivity contribution in [2.45, 2.75) is 19.4 Å². The highest BCUT2D eigenvalue weighted by Crippen LogP contribution is 2.22. The van der Waals surface area contributed by atoms with Crippen molar-refractivity contribution in [1.82, 2.24) is 18.1 Å². The lowest BCUT2D eigenvalue weighted by molar-refractivity contribution is 0.179. The van der Waals surface area contributed by atoms with Crippen LogP contribution in [0.25, 0.3) is 11.0 Å². The lowest BCUT2D eigenvalue weighted by Gasteiger charge is -2.11. The van der Waals surface area contributed by atoms with Crippen LogP contribution in [0.15, 0.2) is 57.3 Å². The van der Waals surface area contributed by atoms with E-state index in [4.69, 9.17) is 16.3 Å². The summed E-state index contributed by atoms with van der Waals surface area (Å²) in [6.07, 6.45) is 1.51. The van der Waals surface area contributed by atoms with Gasteiger partial charge in [-0.2, -0.15) is 3.97 Å². The number of aliphatic hydroxyl groups excluding tert-OH is 1. The number of rotatable bonds is 8. The Labute approximate surface area is 218 Å². The molecule has 2 aromatic heterocycles. The van der Waals surface area contributed by atoms with E-state index in [1.165, 1.54) is 31.3 Å². The first-order valence-electron chi connectivity index (χ1n) is 10.8. The maximum atomic E-state index is 13.8. The molecule has 0 spiro atoms. The van der Waals surface area contributed by atoms with E-state index in [1.54, 1.807) is 0 Å². The van der Waals surface area contributed by atoms with Crippen molar-refractivity contribution < 1.29 is 27.0 Å². The fourth-order valence-electron chi connectivity index (χ4n) is 3.76. The first-order chi connectivity index (χ1) is 17.9. The van der Waals surface area contributed by atoms with Gasteiger partial charge in [0.15, 0.2) is 11.3 Å². The second-order valence-electron chi connectivity index (χ2n) is 8.15. The third kappa shape index (κ3) is 5.23. The number of hydrogen-bond acceptors (Lipinski definition) is 8. The summed E-state index contributed by atoms with van der Waals surface area (Å²) in [4.78, 5) is 33.3. The van der Waals surface area contributed by atoms with Crippen LogP contribution in [0.2, 0.25) is 5.02 Å². The molecule has 0 radical (unpaired) electrons. The molecular weight excluding hydrogens is 548 g/mol. The second kappa shape index (κ2) is 10.5. The lowest BCUT2D eigenvalue weighted by Crippen LogP contribution is -2.31. The Bertz CT molecular complexity index is 1800. The van der Waals surface area contributed by atoms with Crippen molar-refractivity contribution in [3.63, 3.8) is 0 Å². The number of nitrogens with zero attached hydrogens (tertiary/aromatic N) is 5. The van der Waals surface area contributed by atoms with E-state index in [0.29, 0.717) is 15.6 Å². The monoisotopic (exact) mass is 567 g/mol. The van der Waals surface area contributed by atoms with Crippen LogP contribution >= 0.6 is 11.6 Å². The highest BCUT2D eigenvalue weighted by Gasteiger charge is 2.23. The number of halogens is 3. The van der Waals surface area contributed by atoms with Gasteiger partial charge in [-0.05, 0) is 29.8 Å². The van der Waals surface area contributed by atoms with Crippen LogP contribution in [0.1, 0.15) is 17.4 Å². The molecule has 0 aliphatic carbocycles. The summed E-state index contributed by atoms with van der Waals surface area (Å²) >= 11 is 6.13. The third-order valence-electron chi connectivity index (χ3n) is 5.46. The van der Waals surface area contributed by atoms with Gasteiger partial charge >= 0.3 is 5.69 Å². The molecule has 0 amide bonds. The van der Waals surface area contributed by atoms with Gasteiger partial charge in [0, 0.05) is 24.9 Å². The number of aromatic nitrogens is 4. The number of aliphatic hydroxyl groups is 1. The van der Waals surface area contributed by atoms with Gasteiger partial charge in [0.2, 0.25) is 15.9 Å². The summed E-state index contributed by atoms with van der Waals surface area (Å²) in [7, 11) is -2.64. The van der Waals surface area contributed by atoms with Crippen LogP contribution in [0.3, 0.4) is 0 Å². The summed E-state index contributed by atoms with van der Waals surface area (Å²) in [6, 6.07) is 7.25. The van der Waals surface area contributed by atoms with E-state index in [9.17, 15) is 31.9 Å². The first-order valence-corrected chi connectivity index (χ1v) is 13.0. The Kier molecular flexibility index (Phi) is 7.49. The van der Waals surface area contributed by atoms with Gasteiger partial charge in [-0.3, -0.25) is 18.9 Å². The summed E-state index contributed by atoms with van der Waals surface area (Å²) in [5.74, 6) is -1.84. The maximum absolute atomic E-state index is 13.8. The Hall–Kier alpha value is -3.88. The molecule has 15 heteroatoms. The topological polar surface area (TPSA) is 138 Å². The van der Waals surface area contributed by atoms with E-state index in [-0.39, 0.29) is 40.7 Å². The summed E-state index contributed by atoms with van der Waals surface area (Å²) < 4.78 is 59.3. The smallest absolute Gasteiger partial charge is 0.345 e. The van der Waals surface area contributed by atoms with E-state index < -0.39 is 39.1 Å². The molecule has 4 rings (SSSR count). The number of ether oxygens (including phenoxy) is 1. The molecule has 0 saturated heterocycles. The van der Waals surface area contributed by atoms with E-state index in [0.717, 1.165) is 34.0 Å². The van der Waals surface area contributed by atoms with E-state index >= 15 is 0 Å². The van der Waals surface area contributed by atoms with Crippen molar-refractivity contribution in [2.24, 2.45) is 4.99 Å². The largest absolute Gasteiger partial charge is 0.471 e. The lowest BCUT2D eigenvalue weighted by atomic mass is 10.2. The van der Waals surface area contributed by atoms with Crippen LogP contribution in [0.5, 0.6) is 5.88 Å². The zero-order valence-corrected chi connectivity index (χ0v) is 21.4. The molecule has 2 aromatic carbocycles. The van der Waals surface area contributed by atoms with Crippen molar-refractivity contribution in [3.8, 4) is 5.88 Å². The molecule has 1 unspecified atom stereocenters. The number of imidazole rings is 1. The zero-order valence-electron chi connectivity index (χ0n) is 19.9. The van der Waals surface area contributed by atoms with Gasteiger partial charge in [0.1, 0.15) is 24.6 Å². The van der Waals surface area contributed by atoms with Crippen molar-refractivity contribution in [2.75, 3.05) is 13.3 Å². The third-order valence-corrected chi connectivity index (χ3v) is 6.80. The highest BCUT2D eigenvalue weighted by atomic mass is 35.5. The minimum Gasteiger partial charge on any atom is -0.471 e. The molecule has 1 N–H and O–H groups in total. The molecule has 4 aromatic rings. The van der Waals surface area contributed by atoms with E-state index in [2.05, 4.69) is 9.98 Å². The summed E-state index contributed by atoms with van der Waals surface area (Å²) in [5.41, 5.74) is -1.11. The number of hydrogen-bond donors (Lipinski definition) is 1. The van der Waals surface area contributed by atoms with Crippen LogP contribution < -0.4 is 16.0 Å². The molecule has 0 bridgehead atoms. The standard InChI is InChI=1S/C23H20ClF2N5O6S/c1-27-9-19(32)30-18-7-13(3-6-17(18)31(23(30)34)38(2,35)36)10-29-12-28-21(20(24)22(29)33)37-11-14-4-5-15(25)8-16(14)26/h3-9,12,19,32H,10-11H2,1-2H3. The Morgan fingerprint density at radius 3 is 2.58 bits per heavy atom. The molecule has 38 heavy (non-hydrogen) atoms. The molecule has 200 valence electrons. The van der Waals surface area contributed by atoms with Crippen LogP contribution in [0.4, 0.5) is 8.78 Å². The molecule has 0 aliphatic heterocycles. The summed E-state index contributed by atoms with van der Waals surface area (Å²) in [6.45, 7) is -0.443. The number of benzene rings is 2. The predicted octanol–water partition coefficient (Wildman–Crippen LogP) is 1.92. The predicted molar refractivity (Wildman–Crippen MR) is 135 cm³/mol. The highest BCUT2D eigenvalue weighted by molar-refractivity contribution is 7.89. The van der Waals surface area contributed by atoms with Crippen molar-refractivity contribution >= 4 is 38.9 Å². The molecule has 1 atom stereocenters. The van der Waals surface area contributed by atoms with Gasteiger partial charge in [0.05, 0.1) is 23.8 Å². The van der Waals surface area contributed by atoms with E-state index in [1.807, 2.05) is 0 Å². The normalized spacial score (nSPS) is 12.9. The molecule has 0 fully saturated rings. The Balaban J connectivity index is 1.68. The SMILES string of the molecule is CN=CC(O)n1c(=O)n(S(C)(=O)=O)c2ccc(Cn3cnc(OCc4ccc(F)cc4F)c(Cl)c3=O)cc21. The fraction of sp³-hybridized carbons (Fsp3) is 0.217. The molecule has 0 saturated carbocycles. The zero-order chi connectivity index (χ0) is 27.8. The van der Waals surface area contributed by atoms with Crippen molar-refractivity contribution in [3.05, 3.63) is 91.3 Å². The van der Waals surface area contributed by atoms with Gasteiger partial charge in [0.25, 0.3) is 5.56 Å². The maximum Gasteiger partial charge on any atom is 0.345 e. The number of fused-ring (bicyclic) bond motifs is 1. The summed E-state index contributed by atoms with van der Waals surface area (Å²) in [5, 5.41) is 10.0. The molecule has 0 aliphatic rings. The quantitative estimate of drug-likeness (QED) is 0.321. The average Bonchev–Trinajstić information content (AvgIpc) is 3.14. The Morgan fingerprint density at radius 1 is 1.18 bits per heavy atom. The van der Waals surface area contributed by atoms with Gasteiger partial charge in [-0.1, -0.05) is 17.7 Å². The Morgan fingerprint density at radius 2 is 1.92 bits per heavy atom. The van der Waals surface area contributed by atoms with Crippen LogP contribution in [-0.4, -0.2) is 51.1 Å². The van der Waals surface area contributed by atoms with Crippen molar-refractivity contribution in [1.29, 1.82) is 0 Å². The fourth-order valence-corrected chi connectivity index (χ4v) is 4.85. The molecule has 11 nitrogen and oxygen atoms in total. The second-order valence-corrected chi connectivity index (χ2v) is 10.4. The van der Waals surface area contributed by atoms with Gasteiger partial charge in [-0.15, -0.1) is 0 Å². The average molecular weight is 568 g/mol. The van der Waals surface area contributed by atoms with Gasteiger partial charge < -0.3 is 9.84 Å². The van der Waals surface area contributed by atoms with Crippen LogP contribution in [0, 0.1) is 11.6 Å². The first kappa shape index (κ1) is 27.2. The molecular formula is C23H20ClF2N5O6S. The number of aliphatic imine (C=N–C) groups is 1. The minimum absolute atomic E-state index is 0.0186. The molecule has 2 heterocycles.